The molecule has 0 saturated carbocycles. The highest BCUT2D eigenvalue weighted by Crippen LogP contribution is 2.16. The van der Waals surface area contributed by atoms with Crippen molar-refractivity contribution in [1.82, 2.24) is 5.32 Å². The molecule has 336 valence electrons. The molecule has 3 unspecified atom stereocenters. The van der Waals surface area contributed by atoms with Gasteiger partial charge in [0.2, 0.25) is 5.91 Å². The summed E-state index contributed by atoms with van der Waals surface area (Å²) in [5, 5.41) is 23.6. The number of esters is 1. The van der Waals surface area contributed by atoms with Gasteiger partial charge in [0.1, 0.15) is 6.10 Å². The Bertz CT molecular complexity index is 1340. The summed E-state index contributed by atoms with van der Waals surface area (Å²) >= 11 is 0. The van der Waals surface area contributed by atoms with Crippen LogP contribution in [0, 0.1) is 0 Å². The van der Waals surface area contributed by atoms with Crippen molar-refractivity contribution < 1.29 is 24.5 Å². The summed E-state index contributed by atoms with van der Waals surface area (Å²) in [4.78, 5) is 26.0. The number of ether oxygens (including phenoxy) is 1. The molecule has 3 atom stereocenters. The smallest absolute Gasteiger partial charge is 0.306 e. The molecule has 0 aliphatic heterocycles. The second-order valence-electron chi connectivity index (χ2n) is 15.3. The first kappa shape index (κ1) is 56.0. The lowest BCUT2D eigenvalue weighted by molar-refractivity contribution is -0.151. The van der Waals surface area contributed by atoms with Crippen LogP contribution in [0.3, 0.4) is 0 Å². The third kappa shape index (κ3) is 40.8. The van der Waals surface area contributed by atoms with E-state index in [1.807, 2.05) is 109 Å². The van der Waals surface area contributed by atoms with E-state index in [9.17, 15) is 19.8 Å². The first-order valence-corrected chi connectivity index (χ1v) is 23.6. The average molecular weight is 828 g/mol. The number of aliphatic hydroxyl groups excluding tert-OH is 2. The minimum atomic E-state index is -0.824. The van der Waals surface area contributed by atoms with E-state index in [0.29, 0.717) is 19.3 Å². The monoisotopic (exact) mass is 828 g/mol. The molecular weight excluding hydrogens is 743 g/mol. The zero-order valence-electron chi connectivity index (χ0n) is 38.0. The Kier molecular flexibility index (Phi) is 43.0. The van der Waals surface area contributed by atoms with Crippen molar-refractivity contribution in [2.24, 2.45) is 0 Å². The van der Waals surface area contributed by atoms with Crippen LogP contribution in [0.25, 0.3) is 0 Å². The number of aliphatic hydroxyl groups is 2. The highest BCUT2D eigenvalue weighted by atomic mass is 16.5. The molecule has 6 nitrogen and oxygen atoms in total. The van der Waals surface area contributed by atoms with Crippen LogP contribution >= 0.6 is 0 Å². The van der Waals surface area contributed by atoms with Gasteiger partial charge in [-0.05, 0) is 57.8 Å². The Morgan fingerprint density at radius 3 is 1.38 bits per heavy atom. The Balaban J connectivity index is 4.89. The minimum absolute atomic E-state index is 0.000885. The van der Waals surface area contributed by atoms with E-state index in [4.69, 9.17) is 4.74 Å². The largest absolute Gasteiger partial charge is 0.462 e. The predicted molar refractivity (Wildman–Crippen MR) is 259 cm³/mol. The summed E-state index contributed by atoms with van der Waals surface area (Å²) in [6, 6.07) is -0.744. The maximum atomic E-state index is 13.2. The van der Waals surface area contributed by atoms with Gasteiger partial charge in [0.15, 0.2) is 0 Å². The Labute approximate surface area is 367 Å². The molecule has 0 rings (SSSR count). The quantitative estimate of drug-likeness (QED) is 0.0326. The number of hydrogen-bond donors (Lipinski definition) is 3. The molecule has 0 bridgehead atoms. The fourth-order valence-corrected chi connectivity index (χ4v) is 6.25. The molecule has 0 fully saturated rings. The van der Waals surface area contributed by atoms with E-state index >= 15 is 0 Å². The standard InChI is InChI=1S/C54H85NO5/c1-4-7-10-13-16-19-22-24-26-28-31-33-36-39-42-45-50(60-54(59)47-44-41-38-35-32-29-27-25-23-20-17-14-11-8-5-2)48-53(58)55-51(49-56)52(57)46-43-40-37-34-30-21-18-15-12-9-6-3/h7-8,10-11,13-14,16-17,19-20,22-29,31-33,36,50-52,56-57H,4-6,9,12,15,18,21,30,34-35,37-49H2,1-3H3,(H,55,58)/b10-7-,11-8+,16-13+,17-14+,22-19+,23-20-,26-24-,27-25-,31-28+,32-29+,36-33+. The molecule has 3 N–H and O–H groups in total. The molecule has 0 saturated heterocycles. The molecule has 0 aliphatic carbocycles. The first-order valence-electron chi connectivity index (χ1n) is 23.6. The van der Waals surface area contributed by atoms with E-state index in [0.717, 1.165) is 70.6 Å². The van der Waals surface area contributed by atoms with Crippen LogP contribution < -0.4 is 5.32 Å². The summed E-state index contributed by atoms with van der Waals surface area (Å²) in [5.41, 5.74) is 0. The Hall–Kier alpha value is -4.00. The van der Waals surface area contributed by atoms with Crippen molar-refractivity contribution in [2.45, 2.75) is 187 Å². The summed E-state index contributed by atoms with van der Waals surface area (Å²) in [7, 11) is 0. The van der Waals surface area contributed by atoms with Crippen molar-refractivity contribution >= 4 is 11.9 Å². The lowest BCUT2D eigenvalue weighted by Gasteiger charge is -2.24. The number of amides is 1. The van der Waals surface area contributed by atoms with Gasteiger partial charge in [-0.2, -0.15) is 0 Å². The van der Waals surface area contributed by atoms with Gasteiger partial charge in [-0.3, -0.25) is 9.59 Å². The maximum absolute atomic E-state index is 13.2. The second kappa shape index (κ2) is 46.1. The summed E-state index contributed by atoms with van der Waals surface area (Å²) in [5.74, 6) is -0.617. The predicted octanol–water partition coefficient (Wildman–Crippen LogP) is 13.9. The highest BCUT2D eigenvalue weighted by Gasteiger charge is 2.24. The molecule has 0 aliphatic rings. The third-order valence-electron chi connectivity index (χ3n) is 9.76. The molecule has 0 aromatic heterocycles. The fourth-order valence-electron chi connectivity index (χ4n) is 6.25. The van der Waals surface area contributed by atoms with Crippen LogP contribution in [0.4, 0.5) is 0 Å². The number of carbonyl (C=O) groups is 2. The lowest BCUT2D eigenvalue weighted by Crippen LogP contribution is -2.46. The second-order valence-corrected chi connectivity index (χ2v) is 15.3. The van der Waals surface area contributed by atoms with E-state index < -0.39 is 18.2 Å². The Morgan fingerprint density at radius 2 is 0.917 bits per heavy atom. The molecule has 0 aromatic carbocycles. The van der Waals surface area contributed by atoms with Crippen LogP contribution in [-0.2, 0) is 14.3 Å². The SMILES string of the molecule is CC\C=C/C=C/C=C/C=C\C=C\C=C\CCCC(CC(=O)NC(CO)C(O)CCCCCCCCCCCCC)OC(=O)CCCCC/C=C/C=C\C=C/C=C/C=C/CC. The fraction of sp³-hybridized carbons (Fsp3) is 0.556. The van der Waals surface area contributed by atoms with Gasteiger partial charge in [-0.15, -0.1) is 0 Å². The van der Waals surface area contributed by atoms with Gasteiger partial charge in [0.05, 0.1) is 25.2 Å². The Morgan fingerprint density at radius 1 is 0.500 bits per heavy atom. The number of unbranched alkanes of at least 4 members (excludes halogenated alkanes) is 14. The molecule has 0 spiro atoms. The topological polar surface area (TPSA) is 95.9 Å². The van der Waals surface area contributed by atoms with Gasteiger partial charge >= 0.3 is 5.97 Å². The molecular formula is C54H85NO5. The van der Waals surface area contributed by atoms with Gasteiger partial charge < -0.3 is 20.3 Å². The minimum Gasteiger partial charge on any atom is -0.462 e. The summed E-state index contributed by atoms with van der Waals surface area (Å²) < 4.78 is 5.85. The van der Waals surface area contributed by atoms with Crippen LogP contribution in [0.15, 0.2) is 134 Å². The molecule has 0 radical (unpaired) electrons. The van der Waals surface area contributed by atoms with Crippen LogP contribution in [-0.4, -0.2) is 46.9 Å². The first-order chi connectivity index (χ1) is 29.5. The van der Waals surface area contributed by atoms with Gasteiger partial charge in [0, 0.05) is 6.42 Å². The third-order valence-corrected chi connectivity index (χ3v) is 9.76. The zero-order valence-corrected chi connectivity index (χ0v) is 38.0. The van der Waals surface area contributed by atoms with E-state index in [-0.39, 0.29) is 24.9 Å². The number of nitrogens with one attached hydrogen (secondary N) is 1. The van der Waals surface area contributed by atoms with E-state index in [1.165, 1.54) is 51.4 Å². The number of allylic oxidation sites excluding steroid dienone is 22. The lowest BCUT2D eigenvalue weighted by atomic mass is 10.0. The maximum Gasteiger partial charge on any atom is 0.306 e. The van der Waals surface area contributed by atoms with Crippen molar-refractivity contribution in [3.05, 3.63) is 134 Å². The average Bonchev–Trinajstić information content (AvgIpc) is 3.24. The molecule has 0 heterocycles. The van der Waals surface area contributed by atoms with Gasteiger partial charge in [0.25, 0.3) is 0 Å². The van der Waals surface area contributed by atoms with Gasteiger partial charge in [-0.1, -0.05) is 231 Å². The van der Waals surface area contributed by atoms with Crippen LogP contribution in [0.1, 0.15) is 168 Å². The molecule has 1 amide bonds. The van der Waals surface area contributed by atoms with Gasteiger partial charge in [-0.25, -0.2) is 0 Å². The van der Waals surface area contributed by atoms with Crippen molar-refractivity contribution in [3.8, 4) is 0 Å². The molecule has 60 heavy (non-hydrogen) atoms. The van der Waals surface area contributed by atoms with Crippen LogP contribution in [0.5, 0.6) is 0 Å². The van der Waals surface area contributed by atoms with Crippen molar-refractivity contribution in [2.75, 3.05) is 6.61 Å². The molecule has 0 aromatic rings. The van der Waals surface area contributed by atoms with Crippen molar-refractivity contribution in [1.29, 1.82) is 0 Å². The summed E-state index contributed by atoms with van der Waals surface area (Å²) in [6.45, 7) is 6.13. The zero-order chi connectivity index (χ0) is 43.8. The highest BCUT2D eigenvalue weighted by molar-refractivity contribution is 5.77. The summed E-state index contributed by atoms with van der Waals surface area (Å²) in [6.07, 6.45) is 65.0. The normalized spacial score (nSPS) is 14.6. The number of hydrogen-bond acceptors (Lipinski definition) is 5. The number of carbonyl (C=O) groups excluding carboxylic acids is 2. The molecule has 6 heteroatoms. The van der Waals surface area contributed by atoms with E-state index in [1.54, 1.807) is 0 Å². The van der Waals surface area contributed by atoms with E-state index in [2.05, 4.69) is 50.4 Å². The number of rotatable bonds is 39. The van der Waals surface area contributed by atoms with Crippen LogP contribution in [0.2, 0.25) is 0 Å². The van der Waals surface area contributed by atoms with Crippen molar-refractivity contribution in [3.63, 3.8) is 0 Å².